The fraction of sp³-hybridized carbons (Fsp3) is 1.00. The Kier molecular flexibility index (Phi) is 4.78. The normalized spacial score (nSPS) is 18.9. The predicted molar refractivity (Wildman–Crippen MR) is 43.1 cm³/mol. The van der Waals surface area contributed by atoms with Gasteiger partial charge in [-0.05, 0) is 7.05 Å². The maximum atomic E-state index is 10.7. The van der Waals surface area contributed by atoms with Gasteiger partial charge in [-0.25, -0.2) is 0 Å². The molecule has 0 aromatic heterocycles. The van der Waals surface area contributed by atoms with Crippen molar-refractivity contribution in [2.45, 2.75) is 5.51 Å². The minimum atomic E-state index is -5.84. The van der Waals surface area contributed by atoms with Crippen LogP contribution in [0, 0.1) is 0 Å². The molecule has 2 N–H and O–H groups in total. The molecule has 0 aromatic carbocycles. The summed E-state index contributed by atoms with van der Waals surface area (Å²) in [4.78, 5) is 2.25. The fourth-order valence-electron chi connectivity index (χ4n) is 0.619. The van der Waals surface area contributed by atoms with Crippen LogP contribution < -0.4 is 5.32 Å². The van der Waals surface area contributed by atoms with Crippen molar-refractivity contribution in [3.8, 4) is 0 Å². The van der Waals surface area contributed by atoms with E-state index in [-0.39, 0.29) is 0 Å². The summed E-state index contributed by atoms with van der Waals surface area (Å²) in [6.07, 6.45) is 0. The van der Waals surface area contributed by atoms with E-state index in [1.807, 2.05) is 0 Å². The lowest BCUT2D eigenvalue weighted by atomic mass is 10.7. The highest BCUT2D eigenvalue weighted by atomic mass is 32.2. The number of rotatable bonds is 0. The zero-order valence-electron chi connectivity index (χ0n) is 7.37. The van der Waals surface area contributed by atoms with Crippen LogP contribution in [0.2, 0.25) is 0 Å². The van der Waals surface area contributed by atoms with Crippen LogP contribution in [0.5, 0.6) is 0 Å². The standard InChI is InChI=1S/C4H10N2.CHF3O3S/c1-6-3-2-5-4-6;2-1(3,4)8(5,6)7/h5H,2-4H2,1H3;(H,5,6,7). The summed E-state index contributed by atoms with van der Waals surface area (Å²) in [7, 11) is -3.73. The predicted octanol–water partition coefficient (Wildman–Crippen LogP) is -0.127. The zero-order chi connectivity index (χ0) is 11.4. The Morgan fingerprint density at radius 2 is 1.86 bits per heavy atom. The summed E-state index contributed by atoms with van der Waals surface area (Å²) < 4.78 is 57.5. The number of halogens is 3. The van der Waals surface area contributed by atoms with Crippen molar-refractivity contribution >= 4 is 10.1 Å². The maximum Gasteiger partial charge on any atom is 0.522 e. The summed E-state index contributed by atoms with van der Waals surface area (Å²) in [6, 6.07) is 0. The monoisotopic (exact) mass is 236 g/mol. The Morgan fingerprint density at radius 1 is 1.43 bits per heavy atom. The van der Waals surface area contributed by atoms with Crippen molar-refractivity contribution in [1.82, 2.24) is 10.2 Å². The van der Waals surface area contributed by atoms with Gasteiger partial charge < -0.3 is 5.32 Å². The topological polar surface area (TPSA) is 69.6 Å². The third-order valence-corrected chi connectivity index (χ3v) is 1.93. The summed E-state index contributed by atoms with van der Waals surface area (Å²) in [5.41, 5.74) is -5.53. The smallest absolute Gasteiger partial charge is 0.303 e. The van der Waals surface area contributed by atoms with Crippen LogP contribution in [0.3, 0.4) is 0 Å². The molecule has 0 radical (unpaired) electrons. The van der Waals surface area contributed by atoms with Gasteiger partial charge in [0.05, 0.1) is 0 Å². The van der Waals surface area contributed by atoms with Gasteiger partial charge in [-0.3, -0.25) is 9.45 Å². The van der Waals surface area contributed by atoms with Crippen LogP contribution in [0.1, 0.15) is 0 Å². The highest BCUT2D eigenvalue weighted by Gasteiger charge is 2.44. The number of nitrogens with one attached hydrogen (secondary N) is 1. The lowest BCUT2D eigenvalue weighted by Gasteiger charge is -1.99. The molecular formula is C5H11F3N2O3S. The van der Waals surface area contributed by atoms with E-state index in [1.165, 1.54) is 6.54 Å². The van der Waals surface area contributed by atoms with Crippen molar-refractivity contribution in [2.75, 3.05) is 26.8 Å². The maximum absolute atomic E-state index is 10.7. The van der Waals surface area contributed by atoms with E-state index in [4.69, 9.17) is 13.0 Å². The molecule has 14 heavy (non-hydrogen) atoms. The van der Waals surface area contributed by atoms with Gasteiger partial charge in [0.2, 0.25) is 0 Å². The fourth-order valence-corrected chi connectivity index (χ4v) is 0.619. The van der Waals surface area contributed by atoms with E-state index in [0.717, 1.165) is 13.2 Å². The molecule has 1 aliphatic heterocycles. The van der Waals surface area contributed by atoms with Crippen LogP contribution in [-0.2, 0) is 10.1 Å². The van der Waals surface area contributed by atoms with Crippen LogP contribution >= 0.6 is 0 Å². The molecule has 1 fully saturated rings. The van der Waals surface area contributed by atoms with Crippen LogP contribution in [0.4, 0.5) is 13.2 Å². The highest BCUT2D eigenvalue weighted by Crippen LogP contribution is 2.20. The number of hydrogen-bond donors (Lipinski definition) is 2. The molecule has 0 atom stereocenters. The van der Waals surface area contributed by atoms with Gasteiger partial charge in [0.1, 0.15) is 0 Å². The van der Waals surface area contributed by atoms with E-state index < -0.39 is 15.6 Å². The molecule has 0 saturated carbocycles. The van der Waals surface area contributed by atoms with Crippen LogP contribution in [0.15, 0.2) is 0 Å². The van der Waals surface area contributed by atoms with Gasteiger partial charge in [-0.1, -0.05) is 0 Å². The minimum Gasteiger partial charge on any atom is -0.303 e. The van der Waals surface area contributed by atoms with Crippen molar-refractivity contribution in [1.29, 1.82) is 0 Å². The Morgan fingerprint density at radius 3 is 1.93 bits per heavy atom. The summed E-state index contributed by atoms with van der Waals surface area (Å²) in [5.74, 6) is 0. The van der Waals surface area contributed by atoms with Gasteiger partial charge in [0.15, 0.2) is 0 Å². The molecule has 86 valence electrons. The molecule has 0 aliphatic carbocycles. The largest absolute Gasteiger partial charge is 0.522 e. The molecular weight excluding hydrogens is 225 g/mol. The SMILES string of the molecule is CN1CCNC1.O=S(=O)(O)C(F)(F)F. The first-order valence-corrected chi connectivity index (χ1v) is 5.01. The molecule has 9 heteroatoms. The van der Waals surface area contributed by atoms with Crippen molar-refractivity contribution in [2.24, 2.45) is 0 Å². The number of hydrogen-bond acceptors (Lipinski definition) is 4. The average molecular weight is 236 g/mol. The van der Waals surface area contributed by atoms with Gasteiger partial charge in [0, 0.05) is 19.8 Å². The van der Waals surface area contributed by atoms with Crippen molar-refractivity contribution in [3.05, 3.63) is 0 Å². The lowest BCUT2D eigenvalue weighted by molar-refractivity contribution is -0.0510. The van der Waals surface area contributed by atoms with E-state index in [9.17, 15) is 13.2 Å². The molecule has 1 saturated heterocycles. The van der Waals surface area contributed by atoms with Gasteiger partial charge in [-0.15, -0.1) is 0 Å². The van der Waals surface area contributed by atoms with E-state index in [2.05, 4.69) is 17.3 Å². The Balaban J connectivity index is 0.000000249. The third kappa shape index (κ3) is 5.37. The highest BCUT2D eigenvalue weighted by molar-refractivity contribution is 7.86. The average Bonchev–Trinajstić information content (AvgIpc) is 2.35. The summed E-state index contributed by atoms with van der Waals surface area (Å²) in [5, 5.41) is 3.20. The molecule has 0 amide bonds. The first kappa shape index (κ1) is 13.6. The Labute approximate surface area is 79.6 Å². The minimum absolute atomic E-state index is 1.07. The van der Waals surface area contributed by atoms with Gasteiger partial charge in [0.25, 0.3) is 0 Å². The molecule has 0 aromatic rings. The Bertz CT molecular complexity index is 258. The number of nitrogens with zero attached hydrogens (tertiary/aromatic N) is 1. The van der Waals surface area contributed by atoms with Gasteiger partial charge >= 0.3 is 15.6 Å². The van der Waals surface area contributed by atoms with Crippen molar-refractivity contribution in [3.63, 3.8) is 0 Å². The quantitative estimate of drug-likeness (QED) is 0.453. The molecule has 0 spiro atoms. The van der Waals surface area contributed by atoms with Crippen LogP contribution in [0.25, 0.3) is 0 Å². The molecule has 0 unspecified atom stereocenters. The van der Waals surface area contributed by atoms with Crippen LogP contribution in [-0.4, -0.2) is 50.2 Å². The summed E-state index contributed by atoms with van der Waals surface area (Å²) >= 11 is 0. The second-order valence-corrected chi connectivity index (χ2v) is 4.07. The lowest BCUT2D eigenvalue weighted by Crippen LogP contribution is -2.21. The zero-order valence-corrected chi connectivity index (χ0v) is 8.19. The second kappa shape index (κ2) is 4.91. The Hall–Kier alpha value is -0.380. The third-order valence-electron chi connectivity index (χ3n) is 1.34. The number of alkyl halides is 3. The van der Waals surface area contributed by atoms with E-state index in [1.54, 1.807) is 0 Å². The number of likely N-dealkylation sites (N-methyl/N-ethyl adjacent to an activating group) is 1. The van der Waals surface area contributed by atoms with Crippen molar-refractivity contribution < 1.29 is 26.1 Å². The molecule has 1 heterocycles. The summed E-state index contributed by atoms with van der Waals surface area (Å²) in [6.45, 7) is 3.44. The molecule has 1 rings (SSSR count). The van der Waals surface area contributed by atoms with Gasteiger partial charge in [-0.2, -0.15) is 21.6 Å². The first-order valence-electron chi connectivity index (χ1n) is 3.57. The first-order chi connectivity index (χ1) is 6.14. The van der Waals surface area contributed by atoms with E-state index >= 15 is 0 Å². The second-order valence-electron chi connectivity index (χ2n) is 2.66. The molecule has 0 bridgehead atoms. The molecule has 1 aliphatic rings. The van der Waals surface area contributed by atoms with E-state index in [0.29, 0.717) is 0 Å². The molecule has 5 nitrogen and oxygen atoms in total.